The largest absolute Gasteiger partial charge is 0.378 e. The number of aromatic nitrogens is 2. The van der Waals surface area contributed by atoms with Gasteiger partial charge in [0, 0.05) is 32.0 Å². The van der Waals surface area contributed by atoms with Gasteiger partial charge in [0.1, 0.15) is 5.82 Å². The van der Waals surface area contributed by atoms with Crippen LogP contribution in [0.3, 0.4) is 0 Å². The summed E-state index contributed by atoms with van der Waals surface area (Å²) in [6, 6.07) is 9.10. The average molecular weight is 314 g/mol. The van der Waals surface area contributed by atoms with Gasteiger partial charge in [-0.2, -0.15) is 0 Å². The van der Waals surface area contributed by atoms with Gasteiger partial charge in [-0.15, -0.1) is 0 Å². The van der Waals surface area contributed by atoms with Crippen LogP contribution in [-0.2, 0) is 4.79 Å². The highest BCUT2D eigenvalue weighted by atomic mass is 16.3. The Morgan fingerprint density at radius 2 is 2.17 bits per heavy atom. The van der Waals surface area contributed by atoms with Crippen molar-refractivity contribution in [2.45, 2.75) is 19.1 Å². The molecule has 3 rings (SSSR count). The second-order valence-corrected chi connectivity index (χ2v) is 5.72. The van der Waals surface area contributed by atoms with Gasteiger partial charge in [0.25, 0.3) is 5.91 Å². The van der Waals surface area contributed by atoms with E-state index in [-0.39, 0.29) is 11.9 Å². The van der Waals surface area contributed by atoms with Crippen LogP contribution in [0.1, 0.15) is 30.5 Å². The monoisotopic (exact) mass is 314 g/mol. The highest BCUT2D eigenvalue weighted by Gasteiger charge is 2.33. The van der Waals surface area contributed by atoms with E-state index in [9.17, 15) is 9.90 Å². The molecule has 1 amide bonds. The topological polar surface area (TPSA) is 72.5 Å². The van der Waals surface area contributed by atoms with E-state index in [0.29, 0.717) is 18.7 Å². The molecule has 6 nitrogen and oxygen atoms in total. The van der Waals surface area contributed by atoms with Crippen molar-refractivity contribution >= 4 is 5.91 Å². The SMILES string of the molecule is CCN1CCN(C(=O)[C@@H](O)c2ccccc2)C[C@H]1c1ncc[nH]1. The Labute approximate surface area is 135 Å². The van der Waals surface area contributed by atoms with Crippen molar-refractivity contribution in [2.75, 3.05) is 26.2 Å². The van der Waals surface area contributed by atoms with Gasteiger partial charge in [-0.3, -0.25) is 9.69 Å². The lowest BCUT2D eigenvalue weighted by atomic mass is 10.1. The molecule has 2 atom stereocenters. The molecule has 1 aliphatic rings. The fraction of sp³-hybridized carbons (Fsp3) is 0.412. The lowest BCUT2D eigenvalue weighted by molar-refractivity contribution is -0.143. The third kappa shape index (κ3) is 3.28. The van der Waals surface area contributed by atoms with Crippen LogP contribution < -0.4 is 0 Å². The predicted octanol–water partition coefficient (Wildman–Crippen LogP) is 1.35. The van der Waals surface area contributed by atoms with E-state index in [1.807, 2.05) is 18.2 Å². The first-order chi connectivity index (χ1) is 11.2. The number of piperazine rings is 1. The maximum Gasteiger partial charge on any atom is 0.256 e. The minimum Gasteiger partial charge on any atom is -0.378 e. The molecule has 6 heteroatoms. The number of nitrogens with zero attached hydrogens (tertiary/aromatic N) is 3. The Morgan fingerprint density at radius 1 is 1.39 bits per heavy atom. The molecular formula is C17H22N4O2. The zero-order chi connectivity index (χ0) is 16.2. The zero-order valence-corrected chi connectivity index (χ0v) is 13.2. The molecule has 1 fully saturated rings. The molecule has 0 unspecified atom stereocenters. The number of carbonyl (C=O) groups excluding carboxylic acids is 1. The van der Waals surface area contributed by atoms with E-state index in [1.54, 1.807) is 29.4 Å². The van der Waals surface area contributed by atoms with Crippen molar-refractivity contribution in [3.05, 3.63) is 54.1 Å². The van der Waals surface area contributed by atoms with Crippen molar-refractivity contribution in [3.63, 3.8) is 0 Å². The standard InChI is InChI=1S/C17H22N4O2/c1-2-20-10-11-21(12-14(20)16-18-8-9-19-16)17(23)15(22)13-6-4-3-5-7-13/h3-9,14-15,22H,2,10-12H2,1H3,(H,18,19)/t14-,15-/m0/s1. The molecule has 0 bridgehead atoms. The molecule has 0 spiro atoms. The van der Waals surface area contributed by atoms with Gasteiger partial charge in [0.2, 0.25) is 0 Å². The van der Waals surface area contributed by atoms with Crippen LogP contribution in [0.25, 0.3) is 0 Å². The second-order valence-electron chi connectivity index (χ2n) is 5.72. The predicted molar refractivity (Wildman–Crippen MR) is 86.6 cm³/mol. The number of hydrogen-bond acceptors (Lipinski definition) is 4. The van der Waals surface area contributed by atoms with Gasteiger partial charge in [-0.05, 0) is 12.1 Å². The number of amides is 1. The number of hydrogen-bond donors (Lipinski definition) is 2. The fourth-order valence-electron chi connectivity index (χ4n) is 3.07. The molecule has 122 valence electrons. The quantitative estimate of drug-likeness (QED) is 0.893. The van der Waals surface area contributed by atoms with Crippen molar-refractivity contribution in [3.8, 4) is 0 Å². The highest BCUT2D eigenvalue weighted by Crippen LogP contribution is 2.25. The molecule has 23 heavy (non-hydrogen) atoms. The van der Waals surface area contributed by atoms with Crippen molar-refractivity contribution in [1.29, 1.82) is 0 Å². The van der Waals surface area contributed by atoms with E-state index in [2.05, 4.69) is 21.8 Å². The molecule has 0 saturated carbocycles. The summed E-state index contributed by atoms with van der Waals surface area (Å²) in [6.45, 7) is 4.92. The number of aliphatic hydroxyl groups excluding tert-OH is 1. The zero-order valence-electron chi connectivity index (χ0n) is 13.2. The van der Waals surface area contributed by atoms with Crippen LogP contribution >= 0.6 is 0 Å². The molecule has 2 N–H and O–H groups in total. The normalized spacial score (nSPS) is 20.4. The number of carbonyl (C=O) groups is 1. The van der Waals surface area contributed by atoms with Crippen molar-refractivity contribution < 1.29 is 9.90 Å². The molecule has 1 aliphatic heterocycles. The van der Waals surface area contributed by atoms with Crippen molar-refractivity contribution in [2.24, 2.45) is 0 Å². The summed E-state index contributed by atoms with van der Waals surface area (Å²) < 4.78 is 0. The number of nitrogens with one attached hydrogen (secondary N) is 1. The Balaban J connectivity index is 1.74. The van der Waals surface area contributed by atoms with E-state index in [4.69, 9.17) is 0 Å². The minimum absolute atomic E-state index is 0.0377. The summed E-state index contributed by atoms with van der Waals surface area (Å²) in [6.07, 6.45) is 2.41. The van der Waals surface area contributed by atoms with E-state index in [0.717, 1.165) is 18.9 Å². The van der Waals surface area contributed by atoms with E-state index >= 15 is 0 Å². The number of aliphatic hydroxyl groups is 1. The molecule has 0 aliphatic carbocycles. The number of imidazole rings is 1. The van der Waals surface area contributed by atoms with Gasteiger partial charge in [0.05, 0.1) is 6.04 Å². The summed E-state index contributed by atoms with van der Waals surface area (Å²) in [4.78, 5) is 24.1. The number of aromatic amines is 1. The van der Waals surface area contributed by atoms with Crippen LogP contribution in [0.15, 0.2) is 42.7 Å². The lowest BCUT2D eigenvalue weighted by Gasteiger charge is -2.40. The molecule has 0 radical (unpaired) electrons. The third-order valence-corrected chi connectivity index (χ3v) is 4.39. The van der Waals surface area contributed by atoms with E-state index in [1.165, 1.54) is 0 Å². The van der Waals surface area contributed by atoms with Gasteiger partial charge in [0.15, 0.2) is 6.10 Å². The van der Waals surface area contributed by atoms with Gasteiger partial charge >= 0.3 is 0 Å². The number of H-pyrrole nitrogens is 1. The Hall–Kier alpha value is -2.18. The second kappa shape index (κ2) is 6.93. The van der Waals surface area contributed by atoms with Gasteiger partial charge in [-0.25, -0.2) is 4.98 Å². The average Bonchev–Trinajstić information content (AvgIpc) is 3.15. The third-order valence-electron chi connectivity index (χ3n) is 4.39. The maximum absolute atomic E-state index is 12.6. The first-order valence-corrected chi connectivity index (χ1v) is 7.95. The molecule has 1 aromatic carbocycles. The Bertz CT molecular complexity index is 629. The molecule has 1 saturated heterocycles. The Morgan fingerprint density at radius 3 is 2.83 bits per heavy atom. The number of benzene rings is 1. The number of likely N-dealkylation sites (N-methyl/N-ethyl adjacent to an activating group) is 1. The summed E-state index contributed by atoms with van der Waals surface area (Å²) >= 11 is 0. The summed E-state index contributed by atoms with van der Waals surface area (Å²) in [5.74, 6) is 0.613. The van der Waals surface area contributed by atoms with Crippen LogP contribution in [-0.4, -0.2) is 57.0 Å². The first-order valence-electron chi connectivity index (χ1n) is 7.95. The molecule has 2 heterocycles. The van der Waals surface area contributed by atoms with E-state index < -0.39 is 6.10 Å². The first kappa shape index (κ1) is 15.7. The Kier molecular flexibility index (Phi) is 4.73. The fourth-order valence-corrected chi connectivity index (χ4v) is 3.07. The molecule has 2 aromatic rings. The summed E-state index contributed by atoms with van der Waals surface area (Å²) in [5.41, 5.74) is 0.630. The lowest BCUT2D eigenvalue weighted by Crippen LogP contribution is -2.51. The highest BCUT2D eigenvalue weighted by molar-refractivity contribution is 5.82. The van der Waals surface area contributed by atoms with Crippen LogP contribution in [0, 0.1) is 0 Å². The van der Waals surface area contributed by atoms with Crippen molar-refractivity contribution in [1.82, 2.24) is 19.8 Å². The summed E-state index contributed by atoms with van der Waals surface area (Å²) in [7, 11) is 0. The maximum atomic E-state index is 12.6. The van der Waals surface area contributed by atoms with Gasteiger partial charge in [-0.1, -0.05) is 37.3 Å². The van der Waals surface area contributed by atoms with Crippen LogP contribution in [0.5, 0.6) is 0 Å². The smallest absolute Gasteiger partial charge is 0.256 e. The van der Waals surface area contributed by atoms with Crippen LogP contribution in [0.2, 0.25) is 0 Å². The summed E-state index contributed by atoms with van der Waals surface area (Å²) in [5, 5.41) is 10.4. The van der Waals surface area contributed by atoms with Gasteiger partial charge < -0.3 is 15.0 Å². The number of rotatable bonds is 4. The van der Waals surface area contributed by atoms with Crippen LogP contribution in [0.4, 0.5) is 0 Å². The minimum atomic E-state index is -1.11. The molecular weight excluding hydrogens is 292 g/mol. The molecule has 1 aromatic heterocycles.